The molecule has 1 aromatic heterocycles. The number of carbonyl (C=O) groups excluding carboxylic acids is 1. The molecule has 4 aromatic rings. The van der Waals surface area contributed by atoms with Gasteiger partial charge in [-0.2, -0.15) is 0 Å². The monoisotopic (exact) mass is 458 g/mol. The Hall–Kier alpha value is -3.64. The van der Waals surface area contributed by atoms with E-state index in [0.717, 1.165) is 17.0 Å². The number of amides is 1. The minimum Gasteiger partial charge on any atom is -0.497 e. The first-order chi connectivity index (χ1) is 16.0. The number of nitrogens with one attached hydrogen (secondary N) is 1. The van der Waals surface area contributed by atoms with E-state index in [4.69, 9.17) is 9.47 Å². The van der Waals surface area contributed by atoms with Crippen molar-refractivity contribution in [1.29, 1.82) is 0 Å². The lowest BCUT2D eigenvalue weighted by atomic mass is 9.78. The van der Waals surface area contributed by atoms with Crippen molar-refractivity contribution in [2.24, 2.45) is 0 Å². The second-order valence-corrected chi connectivity index (χ2v) is 8.98. The third kappa shape index (κ3) is 5.41. The van der Waals surface area contributed by atoms with Crippen LogP contribution in [0.25, 0.3) is 11.3 Å². The van der Waals surface area contributed by atoms with Gasteiger partial charge in [0.05, 0.1) is 12.8 Å². The predicted octanol–water partition coefficient (Wildman–Crippen LogP) is 6.16. The zero-order valence-corrected chi connectivity index (χ0v) is 19.7. The number of anilines is 1. The third-order valence-corrected chi connectivity index (χ3v) is 6.32. The number of hydrogen-bond acceptors (Lipinski definition) is 5. The number of aromatic nitrogens is 1. The Morgan fingerprint density at radius 2 is 1.67 bits per heavy atom. The molecule has 5 nitrogen and oxygen atoms in total. The molecule has 0 fully saturated rings. The maximum atomic E-state index is 12.4. The summed E-state index contributed by atoms with van der Waals surface area (Å²) in [7, 11) is 1.63. The first kappa shape index (κ1) is 22.6. The number of rotatable bonds is 8. The van der Waals surface area contributed by atoms with Crippen LogP contribution in [0.4, 0.5) is 5.13 Å². The highest BCUT2D eigenvalue weighted by Crippen LogP contribution is 2.32. The Bertz CT molecular complexity index is 1220. The molecule has 0 aliphatic heterocycles. The molecule has 0 atom stereocenters. The summed E-state index contributed by atoms with van der Waals surface area (Å²) in [6, 6.07) is 25.9. The summed E-state index contributed by atoms with van der Waals surface area (Å²) in [4.78, 5) is 16.8. The van der Waals surface area contributed by atoms with Crippen molar-refractivity contribution in [3.05, 3.63) is 95.4 Å². The van der Waals surface area contributed by atoms with E-state index in [1.54, 1.807) is 7.11 Å². The quantitative estimate of drug-likeness (QED) is 0.343. The van der Waals surface area contributed by atoms with Gasteiger partial charge in [-0.25, -0.2) is 4.98 Å². The van der Waals surface area contributed by atoms with Gasteiger partial charge in [-0.3, -0.25) is 10.1 Å². The Kier molecular flexibility index (Phi) is 6.75. The Morgan fingerprint density at radius 1 is 0.939 bits per heavy atom. The van der Waals surface area contributed by atoms with Gasteiger partial charge in [-0.15, -0.1) is 11.3 Å². The maximum absolute atomic E-state index is 12.4. The number of thiazole rings is 1. The van der Waals surface area contributed by atoms with Gasteiger partial charge in [-0.1, -0.05) is 68.4 Å². The van der Waals surface area contributed by atoms with Gasteiger partial charge < -0.3 is 9.47 Å². The smallest absolute Gasteiger partial charge is 0.264 e. The van der Waals surface area contributed by atoms with Crippen LogP contribution < -0.4 is 14.8 Å². The zero-order valence-electron chi connectivity index (χ0n) is 18.9. The molecular formula is C27H26N2O3S. The molecule has 1 N–H and O–H groups in total. The predicted molar refractivity (Wildman–Crippen MR) is 133 cm³/mol. The van der Waals surface area contributed by atoms with Crippen LogP contribution in [0.2, 0.25) is 0 Å². The van der Waals surface area contributed by atoms with Gasteiger partial charge in [0, 0.05) is 16.4 Å². The Balaban J connectivity index is 1.33. The lowest BCUT2D eigenvalue weighted by Crippen LogP contribution is -2.20. The third-order valence-electron chi connectivity index (χ3n) is 5.56. The van der Waals surface area contributed by atoms with Crippen molar-refractivity contribution >= 4 is 22.4 Å². The fraction of sp³-hybridized carbons (Fsp3) is 0.185. The van der Waals surface area contributed by atoms with Crippen LogP contribution in [0.15, 0.2) is 84.2 Å². The molecule has 3 aromatic carbocycles. The van der Waals surface area contributed by atoms with Gasteiger partial charge >= 0.3 is 0 Å². The van der Waals surface area contributed by atoms with Gasteiger partial charge in [0.1, 0.15) is 11.5 Å². The molecule has 0 radical (unpaired) electrons. The second-order valence-electron chi connectivity index (χ2n) is 8.12. The van der Waals surface area contributed by atoms with Crippen LogP contribution in [0.3, 0.4) is 0 Å². The first-order valence-corrected chi connectivity index (χ1v) is 11.5. The Labute approximate surface area is 198 Å². The average molecular weight is 459 g/mol. The van der Waals surface area contributed by atoms with Gasteiger partial charge in [0.2, 0.25) is 0 Å². The normalized spacial score (nSPS) is 11.1. The average Bonchev–Trinajstić information content (AvgIpc) is 3.32. The number of hydrogen-bond donors (Lipinski definition) is 1. The van der Waals surface area contributed by atoms with Crippen LogP contribution in [-0.2, 0) is 10.2 Å². The molecule has 33 heavy (non-hydrogen) atoms. The minimum absolute atomic E-state index is 0.0878. The van der Waals surface area contributed by atoms with E-state index in [-0.39, 0.29) is 17.9 Å². The van der Waals surface area contributed by atoms with Crippen LogP contribution >= 0.6 is 11.3 Å². The molecule has 0 saturated carbocycles. The second kappa shape index (κ2) is 9.88. The lowest BCUT2D eigenvalue weighted by Gasteiger charge is -2.26. The fourth-order valence-corrected chi connectivity index (χ4v) is 4.28. The summed E-state index contributed by atoms with van der Waals surface area (Å²) >= 11 is 1.37. The van der Waals surface area contributed by atoms with Crippen molar-refractivity contribution in [3.63, 3.8) is 0 Å². The van der Waals surface area contributed by atoms with Gasteiger partial charge in [-0.05, 0) is 35.4 Å². The highest BCUT2D eigenvalue weighted by molar-refractivity contribution is 7.14. The van der Waals surface area contributed by atoms with Crippen molar-refractivity contribution < 1.29 is 14.3 Å². The van der Waals surface area contributed by atoms with E-state index in [2.05, 4.69) is 48.4 Å². The van der Waals surface area contributed by atoms with E-state index in [1.165, 1.54) is 22.5 Å². The molecule has 0 unspecified atom stereocenters. The molecule has 0 aliphatic carbocycles. The largest absolute Gasteiger partial charge is 0.497 e. The highest BCUT2D eigenvalue weighted by Gasteiger charge is 2.22. The number of benzene rings is 3. The van der Waals surface area contributed by atoms with Crippen molar-refractivity contribution in [1.82, 2.24) is 4.98 Å². The number of ether oxygens (including phenoxy) is 2. The maximum Gasteiger partial charge on any atom is 0.264 e. The van der Waals surface area contributed by atoms with E-state index < -0.39 is 0 Å². The summed E-state index contributed by atoms with van der Waals surface area (Å²) < 4.78 is 10.9. The molecule has 6 heteroatoms. The lowest BCUT2D eigenvalue weighted by molar-refractivity contribution is -0.118. The first-order valence-electron chi connectivity index (χ1n) is 10.6. The summed E-state index contributed by atoms with van der Waals surface area (Å²) in [6.45, 7) is 4.30. The standard InChI is InChI=1S/C27H26N2O3S/c1-27(2,20-9-5-4-6-10-20)21-12-14-22(15-13-21)32-17-25(30)29-26-28-24(18-33-26)19-8-7-11-23(16-19)31-3/h4-16,18H,17H2,1-3H3,(H,28,29,30). The molecule has 1 heterocycles. The molecule has 0 aliphatic rings. The molecule has 0 saturated heterocycles. The van der Waals surface area contributed by atoms with E-state index in [0.29, 0.717) is 10.9 Å². The minimum atomic E-state index is -0.254. The van der Waals surface area contributed by atoms with Gasteiger partial charge in [0.15, 0.2) is 11.7 Å². The van der Waals surface area contributed by atoms with Crippen molar-refractivity contribution in [2.45, 2.75) is 19.3 Å². The highest BCUT2D eigenvalue weighted by atomic mass is 32.1. The fourth-order valence-electron chi connectivity index (χ4n) is 3.54. The summed E-state index contributed by atoms with van der Waals surface area (Å²) in [5.41, 5.74) is 4.02. The molecule has 0 bridgehead atoms. The molecule has 168 valence electrons. The van der Waals surface area contributed by atoms with Crippen LogP contribution in [0, 0.1) is 0 Å². The number of methoxy groups -OCH3 is 1. The number of nitrogens with zero attached hydrogens (tertiary/aromatic N) is 1. The van der Waals surface area contributed by atoms with Crippen molar-refractivity contribution in [2.75, 3.05) is 19.0 Å². The van der Waals surface area contributed by atoms with Gasteiger partial charge in [0.25, 0.3) is 5.91 Å². The zero-order chi connectivity index (χ0) is 23.3. The topological polar surface area (TPSA) is 60.5 Å². The Morgan fingerprint density at radius 3 is 2.39 bits per heavy atom. The summed E-state index contributed by atoms with van der Waals surface area (Å²) in [6.07, 6.45) is 0. The van der Waals surface area contributed by atoms with E-state index in [9.17, 15) is 4.79 Å². The summed E-state index contributed by atoms with van der Waals surface area (Å²) in [5.74, 6) is 1.15. The molecule has 4 rings (SSSR count). The molecule has 1 amide bonds. The SMILES string of the molecule is COc1cccc(-c2csc(NC(=O)COc3ccc(C(C)(C)c4ccccc4)cc3)n2)c1. The van der Waals surface area contributed by atoms with Crippen LogP contribution in [0.1, 0.15) is 25.0 Å². The van der Waals surface area contributed by atoms with E-state index >= 15 is 0 Å². The van der Waals surface area contributed by atoms with E-state index in [1.807, 2.05) is 60.0 Å². The summed E-state index contributed by atoms with van der Waals surface area (Å²) in [5, 5.41) is 5.23. The number of carbonyl (C=O) groups is 1. The van der Waals surface area contributed by atoms with Crippen molar-refractivity contribution in [3.8, 4) is 22.8 Å². The van der Waals surface area contributed by atoms with Crippen LogP contribution in [0.5, 0.6) is 11.5 Å². The molecular weight excluding hydrogens is 432 g/mol. The molecule has 0 spiro atoms. The van der Waals surface area contributed by atoms with Crippen LogP contribution in [-0.4, -0.2) is 24.6 Å².